The Hall–Kier alpha value is -3.00. The van der Waals surface area contributed by atoms with Crippen LogP contribution in [0.15, 0.2) is 23.4 Å². The van der Waals surface area contributed by atoms with Gasteiger partial charge >= 0.3 is 0 Å². The molecule has 0 N–H and O–H groups in total. The Balaban J connectivity index is 1.31. The third kappa shape index (κ3) is 4.43. The molecule has 14 heteroatoms. The molecule has 158 valence electrons. The van der Waals surface area contributed by atoms with E-state index >= 15 is 0 Å². The molecule has 30 heavy (non-hydrogen) atoms. The minimum Gasteiger partial charge on any atom is -0.339 e. The molecule has 2 aromatic heterocycles. The molecule has 1 fully saturated rings. The second-order valence-electron chi connectivity index (χ2n) is 6.64. The van der Waals surface area contributed by atoms with Crippen LogP contribution in [-0.4, -0.2) is 88.1 Å². The molecule has 3 heterocycles. The van der Waals surface area contributed by atoms with Crippen molar-refractivity contribution < 1.29 is 13.6 Å². The van der Waals surface area contributed by atoms with Crippen LogP contribution in [0.4, 0.5) is 8.78 Å². The number of rotatable bonds is 6. The lowest BCUT2D eigenvalue weighted by Crippen LogP contribution is -2.49. The topological polar surface area (TPSA) is 111 Å². The molecule has 0 atom stereocenters. The number of aryl methyl sites for hydroxylation is 1. The Morgan fingerprint density at radius 1 is 1.07 bits per heavy atom. The molecular weight excluding hydrogens is 418 g/mol. The van der Waals surface area contributed by atoms with E-state index in [0.717, 1.165) is 12.1 Å². The SMILES string of the molecule is Cn1nnnc1SCC(=O)N1CCN(Cc2nnnn2-c2ccc(F)c(F)c2)CC1. The monoisotopic (exact) mass is 436 g/mol. The van der Waals surface area contributed by atoms with Gasteiger partial charge in [0.2, 0.25) is 11.1 Å². The highest BCUT2D eigenvalue weighted by atomic mass is 32.2. The zero-order valence-electron chi connectivity index (χ0n) is 16.0. The molecule has 3 aromatic rings. The van der Waals surface area contributed by atoms with Gasteiger partial charge in [-0.3, -0.25) is 9.69 Å². The number of nitrogens with zero attached hydrogens (tertiary/aromatic N) is 10. The summed E-state index contributed by atoms with van der Waals surface area (Å²) >= 11 is 1.30. The largest absolute Gasteiger partial charge is 0.339 e. The number of carbonyl (C=O) groups excluding carboxylic acids is 1. The van der Waals surface area contributed by atoms with Gasteiger partial charge in [-0.15, -0.1) is 10.2 Å². The van der Waals surface area contributed by atoms with Gasteiger partial charge in [-0.05, 0) is 33.0 Å². The number of halogens is 2. The standard InChI is InChI=1S/C16H18F2N10OS/c1-25-16(20-22-23-25)30-10-15(29)27-6-4-26(5-7-27)9-14-19-21-24-28(14)11-2-3-12(17)13(18)8-11/h2-3,8H,4-7,9-10H2,1H3. The molecule has 1 aliphatic heterocycles. The van der Waals surface area contributed by atoms with Crippen molar-refractivity contribution in [1.82, 2.24) is 50.2 Å². The Kier molecular flexibility index (Phi) is 5.94. The molecule has 0 bridgehead atoms. The van der Waals surface area contributed by atoms with Gasteiger partial charge in [0.15, 0.2) is 17.5 Å². The van der Waals surface area contributed by atoms with Crippen molar-refractivity contribution in [2.75, 3.05) is 31.9 Å². The Morgan fingerprint density at radius 2 is 1.83 bits per heavy atom. The third-order valence-electron chi connectivity index (χ3n) is 4.68. The maximum atomic E-state index is 13.5. The van der Waals surface area contributed by atoms with Crippen molar-refractivity contribution in [1.29, 1.82) is 0 Å². The van der Waals surface area contributed by atoms with Gasteiger partial charge in [0.25, 0.3) is 0 Å². The Labute approximate surface area is 174 Å². The van der Waals surface area contributed by atoms with Crippen LogP contribution in [0.1, 0.15) is 5.82 Å². The van der Waals surface area contributed by atoms with Crippen LogP contribution in [0.5, 0.6) is 0 Å². The summed E-state index contributed by atoms with van der Waals surface area (Å²) in [4.78, 5) is 16.3. The van der Waals surface area contributed by atoms with Gasteiger partial charge in [-0.25, -0.2) is 13.5 Å². The molecule has 1 aromatic carbocycles. The summed E-state index contributed by atoms with van der Waals surface area (Å²) in [5.74, 6) is -1.10. The highest BCUT2D eigenvalue weighted by Crippen LogP contribution is 2.16. The van der Waals surface area contributed by atoms with Crippen molar-refractivity contribution >= 4 is 17.7 Å². The third-order valence-corrected chi connectivity index (χ3v) is 5.67. The molecule has 0 spiro atoms. The molecule has 0 aliphatic carbocycles. The number of hydrogen-bond donors (Lipinski definition) is 0. The number of tetrazole rings is 2. The lowest BCUT2D eigenvalue weighted by atomic mass is 10.3. The number of amides is 1. The fraction of sp³-hybridized carbons (Fsp3) is 0.438. The second kappa shape index (κ2) is 8.79. The van der Waals surface area contributed by atoms with E-state index in [2.05, 4.69) is 36.0 Å². The van der Waals surface area contributed by atoms with Crippen LogP contribution in [-0.2, 0) is 18.4 Å². The average Bonchev–Trinajstić information content (AvgIpc) is 3.37. The van der Waals surface area contributed by atoms with Gasteiger partial charge in [0.05, 0.1) is 18.0 Å². The van der Waals surface area contributed by atoms with Crippen molar-refractivity contribution in [3.63, 3.8) is 0 Å². The van der Waals surface area contributed by atoms with Gasteiger partial charge in [-0.2, -0.15) is 4.68 Å². The van der Waals surface area contributed by atoms with Gasteiger partial charge in [0, 0.05) is 39.3 Å². The van der Waals surface area contributed by atoms with E-state index in [1.165, 1.54) is 27.2 Å². The van der Waals surface area contributed by atoms with Crippen LogP contribution in [0.25, 0.3) is 5.69 Å². The maximum absolute atomic E-state index is 13.5. The molecule has 11 nitrogen and oxygen atoms in total. The Bertz CT molecular complexity index is 1030. The van der Waals surface area contributed by atoms with E-state index in [9.17, 15) is 13.6 Å². The van der Waals surface area contributed by atoms with Crippen molar-refractivity contribution in [2.24, 2.45) is 7.05 Å². The van der Waals surface area contributed by atoms with E-state index < -0.39 is 11.6 Å². The summed E-state index contributed by atoms with van der Waals surface area (Å²) in [5, 5.41) is 23.2. The predicted molar refractivity (Wildman–Crippen MR) is 100 cm³/mol. The molecule has 0 radical (unpaired) electrons. The first-order valence-electron chi connectivity index (χ1n) is 9.09. The average molecular weight is 436 g/mol. The van der Waals surface area contributed by atoms with E-state index in [4.69, 9.17) is 0 Å². The van der Waals surface area contributed by atoms with Gasteiger partial charge in [-0.1, -0.05) is 11.8 Å². The van der Waals surface area contributed by atoms with Crippen LogP contribution in [0.2, 0.25) is 0 Å². The van der Waals surface area contributed by atoms with Gasteiger partial charge < -0.3 is 4.90 Å². The summed E-state index contributed by atoms with van der Waals surface area (Å²) in [6.45, 7) is 2.86. The summed E-state index contributed by atoms with van der Waals surface area (Å²) < 4.78 is 29.6. The molecule has 0 unspecified atom stereocenters. The number of piperazine rings is 1. The number of hydrogen-bond acceptors (Lipinski definition) is 9. The normalized spacial score (nSPS) is 15.0. The minimum atomic E-state index is -0.962. The van der Waals surface area contributed by atoms with Crippen LogP contribution < -0.4 is 0 Å². The summed E-state index contributed by atoms with van der Waals surface area (Å²) in [6, 6.07) is 3.50. The minimum absolute atomic E-state index is 0.0225. The highest BCUT2D eigenvalue weighted by molar-refractivity contribution is 7.99. The van der Waals surface area contributed by atoms with Crippen molar-refractivity contribution in [3.8, 4) is 5.69 Å². The smallest absolute Gasteiger partial charge is 0.233 e. The van der Waals surface area contributed by atoms with Gasteiger partial charge in [0.1, 0.15) is 0 Å². The van der Waals surface area contributed by atoms with Crippen LogP contribution >= 0.6 is 11.8 Å². The number of carbonyl (C=O) groups is 1. The van der Waals surface area contributed by atoms with E-state index in [0.29, 0.717) is 49.4 Å². The summed E-state index contributed by atoms with van der Waals surface area (Å²) in [7, 11) is 1.72. The van der Waals surface area contributed by atoms with Crippen LogP contribution in [0.3, 0.4) is 0 Å². The first-order chi connectivity index (χ1) is 14.5. The van der Waals surface area contributed by atoms with E-state index in [1.54, 1.807) is 11.9 Å². The first-order valence-corrected chi connectivity index (χ1v) is 10.1. The molecule has 1 amide bonds. The molecule has 1 saturated heterocycles. The lowest BCUT2D eigenvalue weighted by Gasteiger charge is -2.34. The van der Waals surface area contributed by atoms with Crippen molar-refractivity contribution in [3.05, 3.63) is 35.7 Å². The maximum Gasteiger partial charge on any atom is 0.233 e. The zero-order valence-corrected chi connectivity index (χ0v) is 16.8. The van der Waals surface area contributed by atoms with Crippen LogP contribution in [0, 0.1) is 11.6 Å². The predicted octanol–water partition coefficient (Wildman–Crippen LogP) is -0.0995. The fourth-order valence-corrected chi connectivity index (χ4v) is 3.79. The number of benzene rings is 1. The number of thioether (sulfide) groups is 1. The Morgan fingerprint density at radius 3 is 2.53 bits per heavy atom. The van der Waals surface area contributed by atoms with Crippen molar-refractivity contribution in [2.45, 2.75) is 11.7 Å². The zero-order chi connectivity index (χ0) is 21.1. The molecule has 4 rings (SSSR count). The summed E-state index contributed by atoms with van der Waals surface area (Å²) in [6.07, 6.45) is 0. The molecule has 0 saturated carbocycles. The summed E-state index contributed by atoms with van der Waals surface area (Å²) in [5.41, 5.74) is 0.345. The van der Waals surface area contributed by atoms with E-state index in [-0.39, 0.29) is 11.7 Å². The fourth-order valence-electron chi connectivity index (χ4n) is 3.04. The first kappa shape index (κ1) is 20.3. The van der Waals surface area contributed by atoms with E-state index in [1.807, 2.05) is 0 Å². The number of aromatic nitrogens is 8. The lowest BCUT2D eigenvalue weighted by molar-refractivity contribution is -0.130. The highest BCUT2D eigenvalue weighted by Gasteiger charge is 2.23. The quantitative estimate of drug-likeness (QED) is 0.489. The molecular formula is C16H18F2N10OS. The molecule has 1 aliphatic rings. The second-order valence-corrected chi connectivity index (χ2v) is 7.58.